The second-order valence-electron chi connectivity index (χ2n) is 7.08. The Bertz CT molecular complexity index is 1220. The first-order valence-electron chi connectivity index (χ1n) is 9.11. The van der Waals surface area contributed by atoms with Gasteiger partial charge in [0.15, 0.2) is 5.78 Å². The van der Waals surface area contributed by atoms with Crippen LogP contribution in [0.2, 0.25) is 10.0 Å². The Morgan fingerprint density at radius 3 is 2.45 bits per heavy atom. The zero-order chi connectivity index (χ0) is 22.5. The molecule has 1 aromatic carbocycles. The Morgan fingerprint density at radius 1 is 1.16 bits per heavy atom. The molecule has 0 spiro atoms. The first-order valence-corrected chi connectivity index (χ1v) is 9.87. The average Bonchev–Trinajstić information content (AvgIpc) is 3.08. The maximum Gasteiger partial charge on any atom is 0.335 e. The van der Waals surface area contributed by atoms with Crippen LogP contribution in [0.4, 0.5) is 13.2 Å². The van der Waals surface area contributed by atoms with Gasteiger partial charge < -0.3 is 9.67 Å². The first kappa shape index (κ1) is 21.4. The fourth-order valence-electron chi connectivity index (χ4n) is 3.78. The zero-order valence-electron chi connectivity index (χ0n) is 15.6. The molecule has 0 fully saturated rings. The average molecular weight is 469 g/mol. The number of benzene rings is 1. The van der Waals surface area contributed by atoms with Gasteiger partial charge in [-0.2, -0.15) is 8.78 Å². The summed E-state index contributed by atoms with van der Waals surface area (Å²) in [5, 5.41) is 8.95. The van der Waals surface area contributed by atoms with Gasteiger partial charge in [0.1, 0.15) is 5.82 Å². The number of hydrogen-bond acceptors (Lipinski definition) is 3. The molecule has 4 rings (SSSR count). The largest absolute Gasteiger partial charge is 0.478 e. The molecular formula is C21H13Cl2F3N2O3. The van der Waals surface area contributed by atoms with E-state index in [1.165, 1.54) is 12.4 Å². The van der Waals surface area contributed by atoms with Crippen molar-refractivity contribution in [2.24, 2.45) is 0 Å². The number of hydrogen-bond donors (Lipinski definition) is 1. The van der Waals surface area contributed by atoms with Crippen LogP contribution in [0.15, 0.2) is 36.8 Å². The zero-order valence-corrected chi connectivity index (χ0v) is 17.1. The molecule has 3 aromatic rings. The maximum absolute atomic E-state index is 14.9. The van der Waals surface area contributed by atoms with E-state index in [0.29, 0.717) is 0 Å². The van der Waals surface area contributed by atoms with E-state index >= 15 is 0 Å². The van der Waals surface area contributed by atoms with Crippen molar-refractivity contribution in [1.29, 1.82) is 0 Å². The first-order chi connectivity index (χ1) is 14.6. The van der Waals surface area contributed by atoms with Gasteiger partial charge in [-0.05, 0) is 36.6 Å². The molecule has 0 atom stereocenters. The maximum atomic E-state index is 14.9. The van der Waals surface area contributed by atoms with Crippen LogP contribution in [0.25, 0.3) is 5.69 Å². The highest BCUT2D eigenvalue weighted by molar-refractivity contribution is 6.40. The number of halogens is 5. The molecule has 0 saturated carbocycles. The van der Waals surface area contributed by atoms with Gasteiger partial charge in [0.25, 0.3) is 5.92 Å². The van der Waals surface area contributed by atoms with E-state index in [1.54, 1.807) is 0 Å². The smallest absolute Gasteiger partial charge is 0.335 e. The molecule has 31 heavy (non-hydrogen) atoms. The second-order valence-corrected chi connectivity index (χ2v) is 7.89. The number of rotatable bonds is 4. The van der Waals surface area contributed by atoms with E-state index in [2.05, 4.69) is 4.98 Å². The van der Waals surface area contributed by atoms with Crippen molar-refractivity contribution >= 4 is 35.0 Å². The molecule has 0 amide bonds. The number of carbonyl (C=O) groups is 2. The van der Waals surface area contributed by atoms with E-state index in [-0.39, 0.29) is 50.8 Å². The minimum atomic E-state index is -3.32. The van der Waals surface area contributed by atoms with Crippen molar-refractivity contribution in [3.63, 3.8) is 0 Å². The number of pyridine rings is 1. The van der Waals surface area contributed by atoms with Crippen LogP contribution in [0.1, 0.15) is 50.4 Å². The lowest BCUT2D eigenvalue weighted by atomic mass is 9.90. The van der Waals surface area contributed by atoms with Crippen LogP contribution in [-0.4, -0.2) is 26.4 Å². The Labute approximate surface area is 184 Å². The van der Waals surface area contributed by atoms with Crippen molar-refractivity contribution in [3.05, 3.63) is 80.6 Å². The van der Waals surface area contributed by atoms with Crippen LogP contribution < -0.4 is 0 Å². The van der Waals surface area contributed by atoms with Gasteiger partial charge >= 0.3 is 5.97 Å². The van der Waals surface area contributed by atoms with Gasteiger partial charge in [0.05, 0.1) is 32.6 Å². The number of fused-ring (bicyclic) bond motifs is 1. The summed E-state index contributed by atoms with van der Waals surface area (Å²) >= 11 is 12.1. The fraction of sp³-hybridized carbons (Fsp3) is 0.190. The fourth-order valence-corrected chi connectivity index (χ4v) is 4.32. The molecule has 1 aliphatic rings. The van der Waals surface area contributed by atoms with Crippen molar-refractivity contribution in [2.75, 3.05) is 0 Å². The van der Waals surface area contributed by atoms with Gasteiger partial charge in [-0.25, -0.2) is 9.18 Å². The molecule has 10 heteroatoms. The third kappa shape index (κ3) is 3.59. The van der Waals surface area contributed by atoms with Gasteiger partial charge in [-0.15, -0.1) is 0 Å². The van der Waals surface area contributed by atoms with Crippen molar-refractivity contribution < 1.29 is 27.9 Å². The molecule has 0 saturated heterocycles. The highest BCUT2D eigenvalue weighted by Crippen LogP contribution is 2.44. The number of nitrogens with zero attached hydrogens (tertiary/aromatic N) is 2. The molecule has 0 unspecified atom stereocenters. The number of aromatic carboxylic acids is 1. The molecule has 0 radical (unpaired) electrons. The number of carbonyl (C=O) groups excluding carboxylic acids is 1. The summed E-state index contributed by atoms with van der Waals surface area (Å²) in [6.45, 7) is 0. The normalized spacial score (nSPS) is 14.9. The van der Waals surface area contributed by atoms with E-state index in [0.717, 1.165) is 29.0 Å². The summed E-state index contributed by atoms with van der Waals surface area (Å²) in [5.74, 6) is -6.38. The minimum Gasteiger partial charge on any atom is -0.478 e. The molecule has 0 bridgehead atoms. The molecule has 160 valence electrons. The predicted octanol–water partition coefficient (Wildman–Crippen LogP) is 5.68. The summed E-state index contributed by atoms with van der Waals surface area (Å²) in [7, 11) is 0. The molecular weight excluding hydrogens is 456 g/mol. The van der Waals surface area contributed by atoms with Crippen LogP contribution in [-0.2, 0) is 12.3 Å². The molecule has 1 N–H and O–H groups in total. The number of aromatic nitrogens is 2. The van der Waals surface area contributed by atoms with Crippen LogP contribution in [0.5, 0.6) is 0 Å². The van der Waals surface area contributed by atoms with Gasteiger partial charge in [-0.1, -0.05) is 23.2 Å². The van der Waals surface area contributed by atoms with E-state index in [4.69, 9.17) is 28.3 Å². The van der Waals surface area contributed by atoms with Gasteiger partial charge in [0, 0.05) is 30.6 Å². The predicted molar refractivity (Wildman–Crippen MR) is 107 cm³/mol. The second kappa shape index (κ2) is 7.69. The van der Waals surface area contributed by atoms with Crippen LogP contribution >= 0.6 is 23.2 Å². The summed E-state index contributed by atoms with van der Waals surface area (Å²) in [5.41, 5.74) is -1.23. The van der Waals surface area contributed by atoms with Gasteiger partial charge in [-0.3, -0.25) is 9.78 Å². The highest BCUT2D eigenvalue weighted by atomic mass is 35.5. The topological polar surface area (TPSA) is 72.2 Å². The van der Waals surface area contributed by atoms with Crippen molar-refractivity contribution in [1.82, 2.24) is 9.55 Å². The Balaban J connectivity index is 1.96. The Kier molecular flexibility index (Phi) is 5.31. The summed E-state index contributed by atoms with van der Waals surface area (Å²) in [6.07, 6.45) is 3.38. The lowest BCUT2D eigenvalue weighted by Crippen LogP contribution is -2.24. The van der Waals surface area contributed by atoms with Crippen molar-refractivity contribution in [2.45, 2.75) is 25.2 Å². The molecule has 2 heterocycles. The minimum absolute atomic E-state index is 0.0430. The molecule has 5 nitrogen and oxygen atoms in total. The number of alkyl halides is 2. The molecule has 1 aliphatic carbocycles. The Morgan fingerprint density at radius 2 is 1.84 bits per heavy atom. The van der Waals surface area contributed by atoms with Crippen LogP contribution in [0, 0.1) is 5.82 Å². The van der Waals surface area contributed by atoms with Crippen LogP contribution in [0.3, 0.4) is 0 Å². The monoisotopic (exact) mass is 468 g/mol. The lowest BCUT2D eigenvalue weighted by molar-refractivity contribution is -0.0276. The number of carboxylic acids is 1. The van der Waals surface area contributed by atoms with Crippen molar-refractivity contribution in [3.8, 4) is 5.69 Å². The van der Waals surface area contributed by atoms with Gasteiger partial charge in [0.2, 0.25) is 0 Å². The SMILES string of the molecule is O=C(O)c1ccc(-n2cc(C(=O)c3c(Cl)cncc3Cl)c3c2C(F)(F)CCC3)c(F)c1. The van der Waals surface area contributed by atoms with E-state index < -0.39 is 35.6 Å². The molecule has 0 aliphatic heterocycles. The third-order valence-corrected chi connectivity index (χ3v) is 5.73. The summed E-state index contributed by atoms with van der Waals surface area (Å²) < 4.78 is 45.4. The quantitative estimate of drug-likeness (QED) is 0.500. The number of carboxylic acid groups (broad SMARTS) is 1. The standard InChI is InChI=1S/C21H13Cl2F3N2O3/c22-13-7-27-8-14(23)17(13)18(29)12-9-28(19-11(12)2-1-5-21(19,25)26)16-4-3-10(20(30)31)6-15(16)24/h3-4,6-9H,1-2,5H2,(H,30,31). The lowest BCUT2D eigenvalue weighted by Gasteiger charge is -2.25. The third-order valence-electron chi connectivity index (χ3n) is 5.15. The molecule has 2 aromatic heterocycles. The summed E-state index contributed by atoms with van der Waals surface area (Å²) in [4.78, 5) is 28.1. The van der Waals surface area contributed by atoms with E-state index in [1.807, 2.05) is 0 Å². The van der Waals surface area contributed by atoms with E-state index in [9.17, 15) is 22.8 Å². The highest BCUT2D eigenvalue weighted by Gasteiger charge is 2.43. The summed E-state index contributed by atoms with van der Waals surface area (Å²) in [6, 6.07) is 2.93. The number of ketones is 1. The Hall–Kier alpha value is -2.84.